The zero-order chi connectivity index (χ0) is 19.8. The van der Waals surface area contributed by atoms with E-state index in [0.717, 1.165) is 29.7 Å². The Balaban J connectivity index is 1.17. The zero-order valence-electron chi connectivity index (χ0n) is 16.2. The molecule has 1 saturated heterocycles. The molecule has 152 valence electrons. The molecule has 0 atom stereocenters. The number of aromatic nitrogens is 3. The maximum atomic E-state index is 14.8. The molecule has 29 heavy (non-hydrogen) atoms. The second kappa shape index (κ2) is 7.37. The number of halogens is 2. The Kier molecular flexibility index (Phi) is 4.70. The first-order chi connectivity index (χ1) is 14.1. The molecule has 5 nitrogen and oxygen atoms in total. The van der Waals surface area contributed by atoms with Gasteiger partial charge < -0.3 is 10.3 Å². The monoisotopic (exact) mass is 397 g/mol. The van der Waals surface area contributed by atoms with Crippen LogP contribution >= 0.6 is 0 Å². The van der Waals surface area contributed by atoms with E-state index in [-0.39, 0.29) is 18.2 Å². The predicted octanol–water partition coefficient (Wildman–Crippen LogP) is 4.50. The third-order valence-electron chi connectivity index (χ3n) is 6.09. The summed E-state index contributed by atoms with van der Waals surface area (Å²) in [5, 5.41) is 4.42. The summed E-state index contributed by atoms with van der Waals surface area (Å²) < 4.78 is 29.6. The Bertz CT molecular complexity index is 972. The SMILES string of the molecule is FC(F)(CN1CCC(Nc2ncnc3[nH]ccc23)CC1)c1ccc(C2CC2)cc1. The van der Waals surface area contributed by atoms with Crippen LogP contribution in [0.3, 0.4) is 0 Å². The number of piperidine rings is 1. The van der Waals surface area contributed by atoms with Gasteiger partial charge in [0.15, 0.2) is 0 Å². The van der Waals surface area contributed by atoms with Crippen molar-refractivity contribution >= 4 is 16.9 Å². The topological polar surface area (TPSA) is 56.8 Å². The third-order valence-corrected chi connectivity index (χ3v) is 6.09. The Morgan fingerprint density at radius 3 is 2.52 bits per heavy atom. The summed E-state index contributed by atoms with van der Waals surface area (Å²) in [5.41, 5.74) is 2.11. The minimum atomic E-state index is -2.83. The fourth-order valence-corrected chi connectivity index (χ4v) is 4.20. The molecule has 0 bridgehead atoms. The summed E-state index contributed by atoms with van der Waals surface area (Å²) >= 11 is 0. The Labute approximate surface area is 168 Å². The number of H-pyrrole nitrogens is 1. The smallest absolute Gasteiger partial charge is 0.285 e. The van der Waals surface area contributed by atoms with Gasteiger partial charge in [0.2, 0.25) is 0 Å². The number of alkyl halides is 2. The minimum Gasteiger partial charge on any atom is -0.367 e. The van der Waals surface area contributed by atoms with Gasteiger partial charge in [0.1, 0.15) is 17.8 Å². The van der Waals surface area contributed by atoms with Gasteiger partial charge in [0, 0.05) is 30.9 Å². The summed E-state index contributed by atoms with van der Waals surface area (Å²) in [5.74, 6) is -1.44. The van der Waals surface area contributed by atoms with Crippen LogP contribution < -0.4 is 5.32 Å². The molecule has 2 aliphatic rings. The molecule has 1 aromatic carbocycles. The number of rotatable bonds is 6. The normalized spacial score (nSPS) is 19.0. The van der Waals surface area contributed by atoms with Crippen molar-refractivity contribution in [3.05, 3.63) is 54.0 Å². The number of nitrogens with zero attached hydrogens (tertiary/aromatic N) is 3. The zero-order valence-corrected chi connectivity index (χ0v) is 16.2. The molecule has 0 unspecified atom stereocenters. The van der Waals surface area contributed by atoms with Gasteiger partial charge in [-0.15, -0.1) is 0 Å². The van der Waals surface area contributed by atoms with Gasteiger partial charge in [0.25, 0.3) is 5.92 Å². The lowest BCUT2D eigenvalue weighted by atomic mass is 10.0. The lowest BCUT2D eigenvalue weighted by Gasteiger charge is -2.34. The number of nitrogens with one attached hydrogen (secondary N) is 2. The van der Waals surface area contributed by atoms with Gasteiger partial charge in [-0.25, -0.2) is 9.97 Å². The van der Waals surface area contributed by atoms with E-state index in [1.807, 2.05) is 29.3 Å². The molecule has 0 amide bonds. The van der Waals surface area contributed by atoms with Gasteiger partial charge in [-0.3, -0.25) is 4.90 Å². The summed E-state index contributed by atoms with van der Waals surface area (Å²) in [6.07, 6.45) is 7.36. The molecule has 2 fully saturated rings. The molecular formula is C22H25F2N5. The van der Waals surface area contributed by atoms with Crippen LogP contribution in [-0.2, 0) is 5.92 Å². The van der Waals surface area contributed by atoms with E-state index in [9.17, 15) is 8.78 Å². The number of hydrogen-bond acceptors (Lipinski definition) is 4. The molecule has 5 rings (SSSR count). The van der Waals surface area contributed by atoms with Gasteiger partial charge in [-0.2, -0.15) is 8.78 Å². The highest BCUT2D eigenvalue weighted by molar-refractivity contribution is 5.86. The van der Waals surface area contributed by atoms with Crippen molar-refractivity contribution in [2.45, 2.75) is 43.6 Å². The second-order valence-electron chi connectivity index (χ2n) is 8.26. The van der Waals surface area contributed by atoms with Gasteiger partial charge in [-0.1, -0.05) is 24.3 Å². The van der Waals surface area contributed by atoms with Crippen molar-refractivity contribution < 1.29 is 8.78 Å². The fraction of sp³-hybridized carbons (Fsp3) is 0.455. The van der Waals surface area contributed by atoms with Crippen molar-refractivity contribution in [2.75, 3.05) is 25.0 Å². The van der Waals surface area contributed by atoms with E-state index in [4.69, 9.17) is 0 Å². The molecule has 7 heteroatoms. The van der Waals surface area contributed by atoms with Crippen LogP contribution in [0.5, 0.6) is 0 Å². The highest BCUT2D eigenvalue weighted by Crippen LogP contribution is 2.41. The maximum absolute atomic E-state index is 14.8. The van der Waals surface area contributed by atoms with Crippen molar-refractivity contribution in [1.29, 1.82) is 0 Å². The average Bonchev–Trinajstić information content (AvgIpc) is 3.46. The van der Waals surface area contributed by atoms with Crippen LogP contribution in [0, 0.1) is 0 Å². The van der Waals surface area contributed by atoms with E-state index in [0.29, 0.717) is 19.0 Å². The van der Waals surface area contributed by atoms with Gasteiger partial charge in [0.05, 0.1) is 11.9 Å². The van der Waals surface area contributed by atoms with E-state index in [1.165, 1.54) is 24.7 Å². The highest BCUT2D eigenvalue weighted by atomic mass is 19.3. The van der Waals surface area contributed by atoms with Crippen LogP contribution in [-0.4, -0.2) is 45.5 Å². The quantitative estimate of drug-likeness (QED) is 0.643. The average molecular weight is 397 g/mol. The number of benzene rings is 1. The highest BCUT2D eigenvalue weighted by Gasteiger charge is 2.35. The molecule has 2 N–H and O–H groups in total. The van der Waals surface area contributed by atoms with Crippen molar-refractivity contribution in [2.24, 2.45) is 0 Å². The first-order valence-corrected chi connectivity index (χ1v) is 10.3. The molecule has 3 aromatic rings. The summed E-state index contributed by atoms with van der Waals surface area (Å²) in [6.45, 7) is 1.07. The molecule has 1 saturated carbocycles. The number of aromatic amines is 1. The largest absolute Gasteiger partial charge is 0.367 e. The Hall–Kier alpha value is -2.54. The van der Waals surface area contributed by atoms with Crippen LogP contribution in [0.2, 0.25) is 0 Å². The number of hydrogen-bond donors (Lipinski definition) is 2. The molecule has 1 aliphatic carbocycles. The van der Waals surface area contributed by atoms with Crippen molar-refractivity contribution in [3.63, 3.8) is 0 Å². The standard InChI is InChI=1S/C22H25F2N5/c23-22(24,17-5-3-16(4-6-17)15-1-2-15)13-29-11-8-18(9-12-29)28-21-19-7-10-25-20(19)26-14-27-21/h3-7,10,14-15,18H,1-2,8-9,11-13H2,(H2,25,26,27,28). The molecule has 0 radical (unpaired) electrons. The molecule has 1 aliphatic heterocycles. The minimum absolute atomic E-state index is 0.123. The van der Waals surface area contributed by atoms with E-state index >= 15 is 0 Å². The lowest BCUT2D eigenvalue weighted by molar-refractivity contribution is -0.0421. The predicted molar refractivity (Wildman–Crippen MR) is 109 cm³/mol. The molecule has 3 heterocycles. The number of anilines is 1. The van der Waals surface area contributed by atoms with Gasteiger partial charge >= 0.3 is 0 Å². The summed E-state index contributed by atoms with van der Waals surface area (Å²) in [4.78, 5) is 13.5. The first kappa shape index (κ1) is 18.5. The first-order valence-electron chi connectivity index (χ1n) is 10.3. The summed E-state index contributed by atoms with van der Waals surface area (Å²) in [7, 11) is 0. The lowest BCUT2D eigenvalue weighted by Crippen LogP contribution is -2.43. The second-order valence-corrected chi connectivity index (χ2v) is 8.26. The van der Waals surface area contributed by atoms with Crippen LogP contribution in [0.25, 0.3) is 11.0 Å². The van der Waals surface area contributed by atoms with Crippen LogP contribution in [0.15, 0.2) is 42.9 Å². The summed E-state index contributed by atoms with van der Waals surface area (Å²) in [6, 6.07) is 9.15. The van der Waals surface area contributed by atoms with E-state index in [1.54, 1.807) is 12.1 Å². The Morgan fingerprint density at radius 1 is 1.03 bits per heavy atom. The molecular weight excluding hydrogens is 372 g/mol. The third kappa shape index (κ3) is 3.96. The number of likely N-dealkylation sites (tertiary alicyclic amines) is 1. The van der Waals surface area contributed by atoms with Crippen LogP contribution in [0.4, 0.5) is 14.6 Å². The Morgan fingerprint density at radius 2 is 1.79 bits per heavy atom. The number of fused-ring (bicyclic) bond motifs is 1. The van der Waals surface area contributed by atoms with Crippen molar-refractivity contribution in [3.8, 4) is 0 Å². The van der Waals surface area contributed by atoms with E-state index < -0.39 is 5.92 Å². The maximum Gasteiger partial charge on any atom is 0.285 e. The fourth-order valence-electron chi connectivity index (χ4n) is 4.20. The van der Waals surface area contributed by atoms with Gasteiger partial charge in [-0.05, 0) is 43.2 Å². The van der Waals surface area contributed by atoms with E-state index in [2.05, 4.69) is 20.3 Å². The molecule has 0 spiro atoms. The molecule has 2 aromatic heterocycles. The van der Waals surface area contributed by atoms with Crippen molar-refractivity contribution in [1.82, 2.24) is 19.9 Å². The van der Waals surface area contributed by atoms with Crippen LogP contribution in [0.1, 0.15) is 42.7 Å².